The van der Waals surface area contributed by atoms with E-state index in [1.807, 2.05) is 6.92 Å². The van der Waals surface area contributed by atoms with Crippen LogP contribution < -0.4 is 10.7 Å². The highest BCUT2D eigenvalue weighted by Crippen LogP contribution is 2.19. The van der Waals surface area contributed by atoms with Gasteiger partial charge in [-0.3, -0.25) is 5.43 Å². The minimum absolute atomic E-state index is 0.170. The molecule has 16 heavy (non-hydrogen) atoms. The van der Waals surface area contributed by atoms with E-state index in [0.29, 0.717) is 10.7 Å². The molecule has 0 unspecified atom stereocenters. The van der Waals surface area contributed by atoms with E-state index in [1.165, 1.54) is 6.21 Å². The second-order valence-electron chi connectivity index (χ2n) is 2.93. The van der Waals surface area contributed by atoms with Crippen LogP contribution in [0.3, 0.4) is 0 Å². The summed E-state index contributed by atoms with van der Waals surface area (Å²) < 4.78 is 0.876. The number of hydrazone groups is 1. The number of halogens is 1. The van der Waals surface area contributed by atoms with E-state index in [2.05, 4.69) is 31.8 Å². The molecule has 0 fully saturated rings. The molecule has 6 heteroatoms. The molecular formula is C10H12BrN3OS. The Morgan fingerprint density at radius 1 is 1.62 bits per heavy atom. The first-order valence-electron chi connectivity index (χ1n) is 4.69. The number of hydrogen-bond donors (Lipinski definition) is 3. The molecule has 0 amide bonds. The molecule has 1 aromatic rings. The van der Waals surface area contributed by atoms with Gasteiger partial charge in [-0.15, -0.1) is 0 Å². The van der Waals surface area contributed by atoms with Crippen LogP contribution >= 0.6 is 28.1 Å². The van der Waals surface area contributed by atoms with Crippen LogP contribution in [0.15, 0.2) is 27.8 Å². The lowest BCUT2D eigenvalue weighted by atomic mass is 10.2. The number of hydrogen-bond acceptors (Lipinski definition) is 3. The number of benzene rings is 1. The van der Waals surface area contributed by atoms with Gasteiger partial charge in [0.1, 0.15) is 5.75 Å². The first kappa shape index (κ1) is 12.9. The zero-order chi connectivity index (χ0) is 12.0. The first-order valence-corrected chi connectivity index (χ1v) is 5.89. The van der Waals surface area contributed by atoms with Crippen LogP contribution in [-0.4, -0.2) is 23.0 Å². The Kier molecular flexibility index (Phi) is 5.21. The lowest BCUT2D eigenvalue weighted by Gasteiger charge is -2.03. The van der Waals surface area contributed by atoms with Crippen molar-refractivity contribution in [2.45, 2.75) is 6.92 Å². The molecule has 0 aliphatic rings. The number of aromatic hydroxyl groups is 1. The summed E-state index contributed by atoms with van der Waals surface area (Å²) in [6, 6.07) is 5.11. The first-order chi connectivity index (χ1) is 7.63. The van der Waals surface area contributed by atoms with Crippen LogP contribution in [0.2, 0.25) is 0 Å². The van der Waals surface area contributed by atoms with E-state index >= 15 is 0 Å². The molecule has 3 N–H and O–H groups in total. The quantitative estimate of drug-likeness (QED) is 0.454. The second kappa shape index (κ2) is 6.44. The van der Waals surface area contributed by atoms with Crippen molar-refractivity contribution in [2.24, 2.45) is 5.10 Å². The van der Waals surface area contributed by atoms with Crippen LogP contribution in [-0.2, 0) is 0 Å². The molecular weight excluding hydrogens is 290 g/mol. The van der Waals surface area contributed by atoms with Gasteiger partial charge in [-0.1, -0.05) is 15.9 Å². The average molecular weight is 302 g/mol. The molecule has 0 atom stereocenters. The number of rotatable bonds is 3. The summed E-state index contributed by atoms with van der Waals surface area (Å²) in [4.78, 5) is 0. The molecule has 0 radical (unpaired) electrons. The van der Waals surface area contributed by atoms with Crippen LogP contribution in [0, 0.1) is 0 Å². The topological polar surface area (TPSA) is 56.7 Å². The number of nitrogens with zero attached hydrogens (tertiary/aromatic N) is 1. The standard InChI is InChI=1S/C10H12BrN3OS/c1-2-12-10(16)14-13-6-7-5-8(11)3-4-9(7)15/h3-6,15H,2H2,1H3,(H2,12,14,16). The number of thiocarbonyl (C=S) groups is 1. The highest BCUT2D eigenvalue weighted by atomic mass is 79.9. The second-order valence-corrected chi connectivity index (χ2v) is 4.26. The van der Waals surface area contributed by atoms with Crippen molar-refractivity contribution in [3.8, 4) is 5.75 Å². The zero-order valence-corrected chi connectivity index (χ0v) is 11.1. The summed E-state index contributed by atoms with van der Waals surface area (Å²) in [5.74, 6) is 0.170. The van der Waals surface area contributed by atoms with Crippen molar-refractivity contribution < 1.29 is 5.11 Å². The van der Waals surface area contributed by atoms with Gasteiger partial charge in [0.2, 0.25) is 0 Å². The smallest absolute Gasteiger partial charge is 0.186 e. The van der Waals surface area contributed by atoms with Crippen LogP contribution in [0.5, 0.6) is 5.75 Å². The minimum atomic E-state index is 0.170. The predicted molar refractivity (Wildman–Crippen MR) is 72.8 cm³/mol. The van der Waals surface area contributed by atoms with E-state index < -0.39 is 0 Å². The van der Waals surface area contributed by atoms with E-state index in [-0.39, 0.29) is 5.75 Å². The SMILES string of the molecule is CCNC(=S)NN=Cc1cc(Br)ccc1O. The van der Waals surface area contributed by atoms with Crippen LogP contribution in [0.4, 0.5) is 0 Å². The van der Waals surface area contributed by atoms with E-state index in [0.717, 1.165) is 11.0 Å². The lowest BCUT2D eigenvalue weighted by Crippen LogP contribution is -2.31. The van der Waals surface area contributed by atoms with Crippen molar-refractivity contribution in [1.29, 1.82) is 0 Å². The summed E-state index contributed by atoms with van der Waals surface area (Å²) in [6.07, 6.45) is 1.50. The predicted octanol–water partition coefficient (Wildman–Crippen LogP) is 1.97. The average Bonchev–Trinajstić information content (AvgIpc) is 2.23. The molecule has 0 aromatic heterocycles. The maximum atomic E-state index is 9.52. The fraction of sp³-hybridized carbons (Fsp3) is 0.200. The number of phenolic OH excluding ortho intramolecular Hbond substituents is 1. The van der Waals surface area contributed by atoms with E-state index in [9.17, 15) is 5.11 Å². The van der Waals surface area contributed by atoms with Crippen molar-refractivity contribution in [2.75, 3.05) is 6.54 Å². The van der Waals surface area contributed by atoms with Gasteiger partial charge in [0, 0.05) is 16.6 Å². The molecule has 86 valence electrons. The maximum Gasteiger partial charge on any atom is 0.186 e. The van der Waals surface area contributed by atoms with Crippen LogP contribution in [0.1, 0.15) is 12.5 Å². The normalized spacial score (nSPS) is 10.4. The molecule has 4 nitrogen and oxygen atoms in total. The van der Waals surface area contributed by atoms with Gasteiger partial charge >= 0.3 is 0 Å². The van der Waals surface area contributed by atoms with Gasteiger partial charge in [-0.2, -0.15) is 5.10 Å². The van der Waals surface area contributed by atoms with Gasteiger partial charge in [0.05, 0.1) is 6.21 Å². The van der Waals surface area contributed by atoms with Gasteiger partial charge in [0.25, 0.3) is 0 Å². The molecule has 1 rings (SSSR count). The summed E-state index contributed by atoms with van der Waals surface area (Å²) in [7, 11) is 0. The third kappa shape index (κ3) is 4.16. The third-order valence-corrected chi connectivity index (χ3v) is 2.43. The summed E-state index contributed by atoms with van der Waals surface area (Å²) in [5, 5.41) is 16.8. The van der Waals surface area contributed by atoms with E-state index in [4.69, 9.17) is 12.2 Å². The Hall–Kier alpha value is -1.14. The molecule has 1 aromatic carbocycles. The van der Waals surface area contributed by atoms with Crippen molar-refractivity contribution in [3.63, 3.8) is 0 Å². The van der Waals surface area contributed by atoms with Gasteiger partial charge in [-0.05, 0) is 37.3 Å². The molecule has 0 saturated carbocycles. The Morgan fingerprint density at radius 2 is 2.38 bits per heavy atom. The Labute approximate surface area is 108 Å². The lowest BCUT2D eigenvalue weighted by molar-refractivity contribution is 0.474. The van der Waals surface area contributed by atoms with E-state index in [1.54, 1.807) is 18.2 Å². The fourth-order valence-corrected chi connectivity index (χ4v) is 1.57. The number of nitrogens with one attached hydrogen (secondary N) is 2. The highest BCUT2D eigenvalue weighted by Gasteiger charge is 1.98. The Morgan fingerprint density at radius 3 is 3.06 bits per heavy atom. The van der Waals surface area contributed by atoms with Gasteiger partial charge < -0.3 is 10.4 Å². The Bertz CT molecular complexity index is 409. The van der Waals surface area contributed by atoms with Crippen molar-refractivity contribution in [3.05, 3.63) is 28.2 Å². The monoisotopic (exact) mass is 301 g/mol. The maximum absolute atomic E-state index is 9.52. The molecule has 0 bridgehead atoms. The molecule has 0 aliphatic heterocycles. The summed E-state index contributed by atoms with van der Waals surface area (Å²) in [5.41, 5.74) is 3.25. The van der Waals surface area contributed by atoms with Gasteiger partial charge in [-0.25, -0.2) is 0 Å². The summed E-state index contributed by atoms with van der Waals surface area (Å²) in [6.45, 7) is 2.68. The number of phenols is 1. The van der Waals surface area contributed by atoms with Gasteiger partial charge in [0.15, 0.2) is 5.11 Å². The molecule has 0 spiro atoms. The fourth-order valence-electron chi connectivity index (χ4n) is 0.989. The molecule has 0 saturated heterocycles. The highest BCUT2D eigenvalue weighted by molar-refractivity contribution is 9.10. The van der Waals surface area contributed by atoms with Crippen molar-refractivity contribution >= 4 is 39.5 Å². The molecule has 0 heterocycles. The van der Waals surface area contributed by atoms with Crippen molar-refractivity contribution in [1.82, 2.24) is 10.7 Å². The summed E-state index contributed by atoms with van der Waals surface area (Å²) >= 11 is 8.23. The third-order valence-electron chi connectivity index (χ3n) is 1.70. The zero-order valence-electron chi connectivity index (χ0n) is 8.70. The molecule has 0 aliphatic carbocycles. The minimum Gasteiger partial charge on any atom is -0.507 e. The largest absolute Gasteiger partial charge is 0.507 e. The Balaban J connectivity index is 2.62. The van der Waals surface area contributed by atoms with Crippen LogP contribution in [0.25, 0.3) is 0 Å².